The van der Waals surface area contributed by atoms with Gasteiger partial charge in [0.2, 0.25) is 0 Å². The number of aliphatic hydroxyl groups is 1. The summed E-state index contributed by atoms with van der Waals surface area (Å²) in [5.74, 6) is -0.622. The summed E-state index contributed by atoms with van der Waals surface area (Å²) < 4.78 is 10.3. The average Bonchev–Trinajstić information content (AvgIpc) is 3.06. The van der Waals surface area contributed by atoms with Crippen LogP contribution in [-0.4, -0.2) is 36.4 Å². The number of allylic oxidation sites excluding steroid dienone is 10. The Morgan fingerprint density at radius 3 is 1.17 bits per heavy atom. The van der Waals surface area contributed by atoms with Gasteiger partial charge in [0, 0.05) is 12.8 Å². The topological polar surface area (TPSA) is 72.8 Å². The molecule has 0 bridgehead atoms. The minimum atomic E-state index is -0.984. The fourth-order valence-corrected chi connectivity index (χ4v) is 4.83. The van der Waals surface area contributed by atoms with Gasteiger partial charge in [0.25, 0.3) is 0 Å². The van der Waals surface area contributed by atoms with Crippen LogP contribution in [-0.2, 0) is 19.1 Å². The lowest BCUT2D eigenvalue weighted by Crippen LogP contribution is -2.25. The molecule has 264 valence electrons. The van der Waals surface area contributed by atoms with Crippen LogP contribution >= 0.6 is 0 Å². The van der Waals surface area contributed by atoms with Crippen molar-refractivity contribution in [3.63, 3.8) is 0 Å². The van der Waals surface area contributed by atoms with E-state index in [0.29, 0.717) is 12.8 Å². The Balaban J connectivity index is 3.53. The first-order chi connectivity index (χ1) is 22.6. The van der Waals surface area contributed by atoms with Crippen LogP contribution in [0.4, 0.5) is 0 Å². The SMILES string of the molecule is CCCCC/C=C\C/C=C\C/C=C\CCCCC(=O)OC[C@@H](O)COC(=O)CCCCCCCCC/C=C\C/C=C\CCCCC. The van der Waals surface area contributed by atoms with Crippen LogP contribution in [0.15, 0.2) is 60.8 Å². The predicted octanol–water partition coefficient (Wildman–Crippen LogP) is 11.6. The molecule has 0 heterocycles. The first-order valence-electron chi connectivity index (χ1n) is 18.8. The number of esters is 2. The molecule has 0 aliphatic carbocycles. The van der Waals surface area contributed by atoms with E-state index in [9.17, 15) is 14.7 Å². The van der Waals surface area contributed by atoms with Gasteiger partial charge in [-0.3, -0.25) is 9.59 Å². The van der Waals surface area contributed by atoms with Gasteiger partial charge in [0.05, 0.1) is 0 Å². The molecule has 1 atom stereocenters. The Morgan fingerprint density at radius 1 is 0.457 bits per heavy atom. The molecule has 5 nitrogen and oxygen atoms in total. The highest BCUT2D eigenvalue weighted by Crippen LogP contribution is 2.11. The van der Waals surface area contributed by atoms with Crippen LogP contribution in [0, 0.1) is 0 Å². The van der Waals surface area contributed by atoms with Crippen molar-refractivity contribution in [2.24, 2.45) is 0 Å². The lowest BCUT2D eigenvalue weighted by Gasteiger charge is -2.12. The highest BCUT2D eigenvalue weighted by Gasteiger charge is 2.12. The Morgan fingerprint density at radius 2 is 0.761 bits per heavy atom. The minimum absolute atomic E-state index is 0.135. The first-order valence-corrected chi connectivity index (χ1v) is 18.8. The number of carbonyl (C=O) groups excluding carboxylic acids is 2. The van der Waals surface area contributed by atoms with Crippen molar-refractivity contribution in [2.45, 2.75) is 174 Å². The maximum absolute atomic E-state index is 12.0. The first kappa shape index (κ1) is 43.6. The van der Waals surface area contributed by atoms with Gasteiger partial charge in [0.1, 0.15) is 19.3 Å². The van der Waals surface area contributed by atoms with Crippen molar-refractivity contribution in [2.75, 3.05) is 13.2 Å². The monoisotopic (exact) mass is 643 g/mol. The smallest absolute Gasteiger partial charge is 0.305 e. The van der Waals surface area contributed by atoms with E-state index in [2.05, 4.69) is 74.6 Å². The minimum Gasteiger partial charge on any atom is -0.463 e. The summed E-state index contributed by atoms with van der Waals surface area (Å²) in [6.45, 7) is 4.19. The van der Waals surface area contributed by atoms with Gasteiger partial charge in [-0.15, -0.1) is 0 Å². The summed E-state index contributed by atoms with van der Waals surface area (Å²) in [6, 6.07) is 0. The van der Waals surface area contributed by atoms with Crippen LogP contribution in [0.25, 0.3) is 0 Å². The number of hydrogen-bond acceptors (Lipinski definition) is 5. The molecule has 1 N–H and O–H groups in total. The van der Waals surface area contributed by atoms with Crippen LogP contribution in [0.5, 0.6) is 0 Å². The van der Waals surface area contributed by atoms with Gasteiger partial charge in [-0.1, -0.05) is 132 Å². The fraction of sp³-hybridized carbons (Fsp3) is 0.707. The summed E-state index contributed by atoms with van der Waals surface area (Å²) >= 11 is 0. The van der Waals surface area contributed by atoms with E-state index in [1.54, 1.807) is 0 Å². The molecular formula is C41H70O5. The van der Waals surface area contributed by atoms with Crippen LogP contribution < -0.4 is 0 Å². The molecular weight excluding hydrogens is 572 g/mol. The number of rotatable bonds is 33. The average molecular weight is 643 g/mol. The largest absolute Gasteiger partial charge is 0.463 e. The fourth-order valence-electron chi connectivity index (χ4n) is 4.83. The standard InChI is InChI=1S/C41H70O5/c1-3-5-7-9-11-13-15-17-19-20-22-24-26-28-30-32-34-36-41(44)46-38-39(42)37-45-40(43)35-33-31-29-27-25-23-21-18-16-14-12-10-8-6-4-2/h11-14,17-19,21,25,27,39,42H,3-10,15-16,20,22-24,26,28-38H2,1-2H3/b13-11-,14-12-,19-17-,21-18-,27-25-/t39-/m1/s1. The molecule has 0 spiro atoms. The van der Waals surface area contributed by atoms with Crippen LogP contribution in [0.3, 0.4) is 0 Å². The van der Waals surface area contributed by atoms with E-state index in [-0.39, 0.29) is 25.2 Å². The van der Waals surface area contributed by atoms with E-state index < -0.39 is 6.10 Å². The second-order valence-electron chi connectivity index (χ2n) is 12.3. The van der Waals surface area contributed by atoms with Crippen molar-refractivity contribution in [3.8, 4) is 0 Å². The molecule has 0 fully saturated rings. The molecule has 0 saturated carbocycles. The van der Waals surface area contributed by atoms with Gasteiger partial charge >= 0.3 is 11.9 Å². The van der Waals surface area contributed by atoms with Gasteiger partial charge in [-0.25, -0.2) is 0 Å². The third-order valence-electron chi connectivity index (χ3n) is 7.73. The van der Waals surface area contributed by atoms with Crippen molar-refractivity contribution in [1.82, 2.24) is 0 Å². The van der Waals surface area contributed by atoms with E-state index in [4.69, 9.17) is 9.47 Å². The zero-order valence-corrected chi connectivity index (χ0v) is 29.8. The summed E-state index contributed by atoms with van der Waals surface area (Å²) in [5.41, 5.74) is 0. The van der Waals surface area contributed by atoms with Crippen molar-refractivity contribution in [3.05, 3.63) is 60.8 Å². The van der Waals surface area contributed by atoms with E-state index in [1.807, 2.05) is 0 Å². The third kappa shape index (κ3) is 36.1. The number of aliphatic hydroxyl groups excluding tert-OH is 1. The Labute approximate surface area is 283 Å². The summed E-state index contributed by atoms with van der Waals surface area (Å²) in [4.78, 5) is 23.9. The lowest BCUT2D eigenvalue weighted by atomic mass is 10.1. The lowest BCUT2D eigenvalue weighted by molar-refractivity contribution is -0.152. The molecule has 0 aliphatic heterocycles. The summed E-state index contributed by atoms with van der Waals surface area (Å²) in [6.07, 6.45) is 46.9. The van der Waals surface area contributed by atoms with E-state index >= 15 is 0 Å². The maximum Gasteiger partial charge on any atom is 0.305 e. The molecule has 0 aromatic carbocycles. The molecule has 5 heteroatoms. The second-order valence-corrected chi connectivity index (χ2v) is 12.3. The Bertz CT molecular complexity index is 823. The molecule has 0 aliphatic rings. The molecule has 46 heavy (non-hydrogen) atoms. The van der Waals surface area contributed by atoms with Crippen LogP contribution in [0.1, 0.15) is 168 Å². The third-order valence-corrected chi connectivity index (χ3v) is 7.73. The Kier molecular flexibility index (Phi) is 35.1. The zero-order valence-electron chi connectivity index (χ0n) is 29.8. The predicted molar refractivity (Wildman–Crippen MR) is 196 cm³/mol. The number of hydrogen-bond donors (Lipinski definition) is 1. The van der Waals surface area contributed by atoms with Crippen LogP contribution in [0.2, 0.25) is 0 Å². The molecule has 0 rings (SSSR count). The molecule has 0 unspecified atom stereocenters. The van der Waals surface area contributed by atoms with Gasteiger partial charge < -0.3 is 14.6 Å². The maximum atomic E-state index is 12.0. The quantitative estimate of drug-likeness (QED) is 0.0438. The van der Waals surface area contributed by atoms with E-state index in [0.717, 1.165) is 64.2 Å². The Hall–Kier alpha value is -2.40. The highest BCUT2D eigenvalue weighted by molar-refractivity contribution is 5.69. The molecule has 0 saturated heterocycles. The van der Waals surface area contributed by atoms with Crippen molar-refractivity contribution in [1.29, 1.82) is 0 Å². The molecule has 0 aromatic heterocycles. The van der Waals surface area contributed by atoms with Gasteiger partial charge in [-0.05, 0) is 83.5 Å². The zero-order chi connectivity index (χ0) is 33.6. The van der Waals surface area contributed by atoms with Crippen molar-refractivity contribution >= 4 is 11.9 Å². The van der Waals surface area contributed by atoms with E-state index in [1.165, 1.54) is 77.0 Å². The number of ether oxygens (including phenoxy) is 2. The van der Waals surface area contributed by atoms with Crippen molar-refractivity contribution < 1.29 is 24.2 Å². The molecule has 0 radical (unpaired) electrons. The molecule has 0 amide bonds. The summed E-state index contributed by atoms with van der Waals surface area (Å²) in [7, 11) is 0. The molecule has 0 aromatic rings. The van der Waals surface area contributed by atoms with Gasteiger partial charge in [-0.2, -0.15) is 0 Å². The highest BCUT2D eigenvalue weighted by atomic mass is 16.6. The number of carbonyl (C=O) groups is 2. The number of unbranched alkanes of at least 4 members (excludes halogenated alkanes) is 15. The normalized spacial score (nSPS) is 12.8. The summed E-state index contributed by atoms with van der Waals surface area (Å²) in [5, 5.41) is 9.99. The second kappa shape index (κ2) is 37.1. The van der Waals surface area contributed by atoms with Gasteiger partial charge in [0.15, 0.2) is 0 Å².